The minimum Gasteiger partial charge on any atom is -0.346 e. The van der Waals surface area contributed by atoms with Crippen LogP contribution < -0.4 is 5.32 Å². The van der Waals surface area contributed by atoms with Gasteiger partial charge >= 0.3 is 11.8 Å². The monoisotopic (exact) mass is 359 g/mol. The van der Waals surface area contributed by atoms with Crippen LogP contribution in [0.1, 0.15) is 50.5 Å². The van der Waals surface area contributed by atoms with Crippen molar-refractivity contribution in [2.45, 2.75) is 46.1 Å². The van der Waals surface area contributed by atoms with Crippen molar-refractivity contribution in [1.82, 2.24) is 15.1 Å². The second-order valence-corrected chi connectivity index (χ2v) is 8.04. The molecule has 0 saturated carbocycles. The number of carbonyl (C=O) groups is 3. The van der Waals surface area contributed by atoms with E-state index in [-0.39, 0.29) is 17.4 Å². The maximum atomic E-state index is 12.7. The number of nitrogens with one attached hydrogen (secondary N) is 1. The average Bonchev–Trinajstić information content (AvgIpc) is 2.59. The lowest BCUT2D eigenvalue weighted by atomic mass is 9.86. The third-order valence-corrected chi connectivity index (χ3v) is 4.47. The smallest absolute Gasteiger partial charge is 0.312 e. The number of hydrogen-bond donors (Lipinski definition) is 1. The van der Waals surface area contributed by atoms with Crippen molar-refractivity contribution in [3.63, 3.8) is 0 Å². The first-order valence-electron chi connectivity index (χ1n) is 9.09. The van der Waals surface area contributed by atoms with Gasteiger partial charge in [0.25, 0.3) is 5.91 Å². The molecule has 1 aliphatic heterocycles. The van der Waals surface area contributed by atoms with E-state index in [0.29, 0.717) is 31.7 Å². The lowest BCUT2D eigenvalue weighted by Gasteiger charge is -2.34. The van der Waals surface area contributed by atoms with Crippen LogP contribution >= 0.6 is 0 Å². The first kappa shape index (κ1) is 19.9. The Morgan fingerprint density at radius 2 is 1.42 bits per heavy atom. The van der Waals surface area contributed by atoms with Crippen LogP contribution in [-0.2, 0) is 15.0 Å². The molecule has 0 unspecified atom stereocenters. The molecule has 1 aromatic carbocycles. The lowest BCUT2D eigenvalue weighted by molar-refractivity contribution is -0.147. The van der Waals surface area contributed by atoms with Crippen molar-refractivity contribution in [1.29, 1.82) is 0 Å². The number of benzene rings is 1. The molecule has 0 spiro atoms. The van der Waals surface area contributed by atoms with E-state index in [1.807, 2.05) is 38.1 Å². The average molecular weight is 359 g/mol. The number of piperazine rings is 1. The normalized spacial score (nSPS) is 15.2. The molecule has 3 amide bonds. The Balaban J connectivity index is 1.94. The van der Waals surface area contributed by atoms with Crippen LogP contribution in [0.25, 0.3) is 0 Å². The van der Waals surface area contributed by atoms with Crippen LogP contribution in [0.4, 0.5) is 0 Å². The van der Waals surface area contributed by atoms with Crippen LogP contribution in [-0.4, -0.2) is 59.7 Å². The van der Waals surface area contributed by atoms with Gasteiger partial charge in [0.1, 0.15) is 0 Å². The van der Waals surface area contributed by atoms with Gasteiger partial charge in [-0.05, 0) is 37.0 Å². The maximum absolute atomic E-state index is 12.7. The molecule has 0 aromatic heterocycles. The third-order valence-electron chi connectivity index (χ3n) is 4.47. The fourth-order valence-corrected chi connectivity index (χ4v) is 2.88. The summed E-state index contributed by atoms with van der Waals surface area (Å²) in [6, 6.07) is 7.62. The fraction of sp³-hybridized carbons (Fsp3) is 0.550. The van der Waals surface area contributed by atoms with Gasteiger partial charge in [-0.3, -0.25) is 14.4 Å². The van der Waals surface area contributed by atoms with Crippen molar-refractivity contribution in [2.24, 2.45) is 0 Å². The highest BCUT2D eigenvalue weighted by Gasteiger charge is 2.28. The predicted octanol–water partition coefficient (Wildman–Crippen LogP) is 1.79. The molecule has 0 aliphatic carbocycles. The molecule has 142 valence electrons. The van der Waals surface area contributed by atoms with Gasteiger partial charge in [-0.1, -0.05) is 32.9 Å². The van der Waals surface area contributed by atoms with Crippen LogP contribution in [0, 0.1) is 0 Å². The Morgan fingerprint density at radius 3 is 1.88 bits per heavy atom. The lowest BCUT2D eigenvalue weighted by Crippen LogP contribution is -2.54. The van der Waals surface area contributed by atoms with Crippen LogP contribution in [0.2, 0.25) is 0 Å². The highest BCUT2D eigenvalue weighted by molar-refractivity contribution is 6.35. The molecule has 0 bridgehead atoms. The number of nitrogens with zero attached hydrogens (tertiary/aromatic N) is 2. The van der Waals surface area contributed by atoms with E-state index in [1.54, 1.807) is 4.90 Å². The third kappa shape index (κ3) is 4.84. The topological polar surface area (TPSA) is 69.7 Å². The minimum absolute atomic E-state index is 0.0378. The van der Waals surface area contributed by atoms with E-state index < -0.39 is 11.8 Å². The summed E-state index contributed by atoms with van der Waals surface area (Å²) in [5.41, 5.74) is 1.88. The summed E-state index contributed by atoms with van der Waals surface area (Å²) < 4.78 is 0. The second kappa shape index (κ2) is 7.89. The van der Waals surface area contributed by atoms with E-state index in [2.05, 4.69) is 26.1 Å². The molecule has 0 atom stereocenters. The zero-order valence-corrected chi connectivity index (χ0v) is 16.3. The summed E-state index contributed by atoms with van der Waals surface area (Å²) in [4.78, 5) is 39.8. The van der Waals surface area contributed by atoms with Gasteiger partial charge in [0.2, 0.25) is 0 Å². The van der Waals surface area contributed by atoms with Crippen molar-refractivity contribution in [3.8, 4) is 0 Å². The first-order valence-corrected chi connectivity index (χ1v) is 9.09. The van der Waals surface area contributed by atoms with Gasteiger partial charge in [0.05, 0.1) is 0 Å². The molecule has 1 aromatic rings. The molecule has 0 radical (unpaired) electrons. The summed E-state index contributed by atoms with van der Waals surface area (Å²) in [6.45, 7) is 11.6. The van der Waals surface area contributed by atoms with E-state index in [1.165, 1.54) is 10.5 Å². The van der Waals surface area contributed by atoms with Crippen LogP contribution in [0.15, 0.2) is 24.3 Å². The highest BCUT2D eigenvalue weighted by atomic mass is 16.2. The van der Waals surface area contributed by atoms with Gasteiger partial charge in [-0.2, -0.15) is 0 Å². The van der Waals surface area contributed by atoms with Gasteiger partial charge in [-0.25, -0.2) is 0 Å². The fourth-order valence-electron chi connectivity index (χ4n) is 2.88. The second-order valence-electron chi connectivity index (χ2n) is 8.04. The van der Waals surface area contributed by atoms with E-state index in [9.17, 15) is 14.4 Å². The number of carbonyl (C=O) groups excluding carboxylic acids is 3. The largest absolute Gasteiger partial charge is 0.346 e. The molecule has 6 nitrogen and oxygen atoms in total. The van der Waals surface area contributed by atoms with Crippen LogP contribution in [0.3, 0.4) is 0 Å². The minimum atomic E-state index is -0.586. The quantitative estimate of drug-likeness (QED) is 0.819. The van der Waals surface area contributed by atoms with E-state index in [4.69, 9.17) is 0 Å². The summed E-state index contributed by atoms with van der Waals surface area (Å²) in [5, 5.41) is 2.61. The molecule has 1 heterocycles. The summed E-state index contributed by atoms with van der Waals surface area (Å²) in [7, 11) is 0. The Bertz CT molecular complexity index is 667. The molecule has 1 N–H and O–H groups in total. The molecular formula is C20H29N3O3. The standard InChI is InChI=1S/C20H29N3O3/c1-14(2)21-17(24)19(26)23-12-10-22(11-13-23)18(25)15-6-8-16(9-7-15)20(3,4)5/h6-9,14H,10-13H2,1-5H3,(H,21,24). The predicted molar refractivity (Wildman–Crippen MR) is 101 cm³/mol. The summed E-state index contributed by atoms with van der Waals surface area (Å²) in [6.07, 6.45) is 0. The SMILES string of the molecule is CC(C)NC(=O)C(=O)N1CCN(C(=O)c2ccc(C(C)(C)C)cc2)CC1. The van der Waals surface area contributed by atoms with Crippen molar-refractivity contribution < 1.29 is 14.4 Å². The molecule has 1 fully saturated rings. The summed E-state index contributed by atoms with van der Waals surface area (Å²) in [5.74, 6) is -1.15. The van der Waals surface area contributed by atoms with Gasteiger partial charge in [0, 0.05) is 37.8 Å². The summed E-state index contributed by atoms with van der Waals surface area (Å²) >= 11 is 0. The Morgan fingerprint density at radius 1 is 0.923 bits per heavy atom. The Kier molecular flexibility index (Phi) is 6.05. The molecule has 6 heteroatoms. The molecular weight excluding hydrogens is 330 g/mol. The highest BCUT2D eigenvalue weighted by Crippen LogP contribution is 2.22. The van der Waals surface area contributed by atoms with E-state index in [0.717, 1.165) is 0 Å². The molecule has 1 saturated heterocycles. The Labute approximate surface area is 155 Å². The van der Waals surface area contributed by atoms with Gasteiger partial charge in [0.15, 0.2) is 0 Å². The van der Waals surface area contributed by atoms with Crippen LogP contribution in [0.5, 0.6) is 0 Å². The Hall–Kier alpha value is -2.37. The van der Waals surface area contributed by atoms with Crippen molar-refractivity contribution in [3.05, 3.63) is 35.4 Å². The van der Waals surface area contributed by atoms with Crippen molar-refractivity contribution in [2.75, 3.05) is 26.2 Å². The number of rotatable bonds is 2. The van der Waals surface area contributed by atoms with Gasteiger partial charge in [-0.15, -0.1) is 0 Å². The zero-order chi connectivity index (χ0) is 19.5. The number of hydrogen-bond acceptors (Lipinski definition) is 3. The van der Waals surface area contributed by atoms with Crippen molar-refractivity contribution >= 4 is 17.7 Å². The molecule has 26 heavy (non-hydrogen) atoms. The molecule has 2 rings (SSSR count). The first-order chi connectivity index (χ1) is 12.1. The maximum Gasteiger partial charge on any atom is 0.312 e. The number of amides is 3. The zero-order valence-electron chi connectivity index (χ0n) is 16.3. The molecule has 1 aliphatic rings. The van der Waals surface area contributed by atoms with Gasteiger partial charge < -0.3 is 15.1 Å². The van der Waals surface area contributed by atoms with E-state index >= 15 is 0 Å².